The van der Waals surface area contributed by atoms with Gasteiger partial charge in [-0.15, -0.1) is 0 Å². The van der Waals surface area contributed by atoms with Gasteiger partial charge in [-0.05, 0) is 43.5 Å². The van der Waals surface area contributed by atoms with Gasteiger partial charge >= 0.3 is 0 Å². The summed E-state index contributed by atoms with van der Waals surface area (Å²) < 4.78 is 0.990. The number of hydrogen-bond acceptors (Lipinski definition) is 2. The molecule has 1 aliphatic rings. The third-order valence-corrected chi connectivity index (χ3v) is 3.93. The van der Waals surface area contributed by atoms with Crippen molar-refractivity contribution in [3.63, 3.8) is 0 Å². The third-order valence-electron chi connectivity index (χ3n) is 3.43. The van der Waals surface area contributed by atoms with Crippen molar-refractivity contribution >= 4 is 33.4 Å². The summed E-state index contributed by atoms with van der Waals surface area (Å²) in [5.74, 6) is 0.00226. The maximum Gasteiger partial charge on any atom is 0.226 e. The number of carbonyl (C=O) groups excluding carboxylic acids is 2. The fraction of sp³-hybridized carbons (Fsp3) is 0.467. The van der Waals surface area contributed by atoms with Crippen LogP contribution in [0.1, 0.15) is 31.7 Å². The van der Waals surface area contributed by atoms with Gasteiger partial charge in [0.25, 0.3) is 0 Å². The molecule has 20 heavy (non-hydrogen) atoms. The molecular formula is C15H19BrN2O2. The van der Waals surface area contributed by atoms with Crippen LogP contribution in [-0.4, -0.2) is 29.3 Å². The number of rotatable bonds is 5. The molecule has 1 N–H and O–H groups in total. The van der Waals surface area contributed by atoms with Gasteiger partial charge in [0.1, 0.15) is 0 Å². The molecule has 1 aromatic carbocycles. The average Bonchev–Trinajstić information content (AvgIpc) is 3.17. The molecule has 0 saturated heterocycles. The summed E-state index contributed by atoms with van der Waals surface area (Å²) in [6.07, 6.45) is 2.46. The number of nitrogens with zero attached hydrogens (tertiary/aromatic N) is 1. The number of halogens is 1. The fourth-order valence-corrected chi connectivity index (χ4v) is 2.66. The summed E-state index contributed by atoms with van der Waals surface area (Å²) in [6, 6.07) is 6.09. The quantitative estimate of drug-likeness (QED) is 0.896. The lowest BCUT2D eigenvalue weighted by Crippen LogP contribution is -2.33. The summed E-state index contributed by atoms with van der Waals surface area (Å²) in [7, 11) is 0. The molecule has 0 spiro atoms. The predicted octanol–water partition coefficient (Wildman–Crippen LogP) is 3.10. The van der Waals surface area contributed by atoms with Gasteiger partial charge in [-0.25, -0.2) is 0 Å². The van der Waals surface area contributed by atoms with E-state index >= 15 is 0 Å². The smallest absolute Gasteiger partial charge is 0.226 e. The first-order chi connectivity index (χ1) is 9.47. The second-order valence-electron chi connectivity index (χ2n) is 5.20. The number of amides is 2. The van der Waals surface area contributed by atoms with Crippen molar-refractivity contribution in [3.05, 3.63) is 28.2 Å². The highest BCUT2D eigenvalue weighted by Crippen LogP contribution is 2.27. The van der Waals surface area contributed by atoms with Crippen LogP contribution in [0.3, 0.4) is 0 Å². The maximum atomic E-state index is 12.0. The zero-order valence-electron chi connectivity index (χ0n) is 11.8. The number of nitrogens with one attached hydrogen (secondary N) is 1. The molecule has 1 aliphatic carbocycles. The van der Waals surface area contributed by atoms with E-state index in [9.17, 15) is 9.59 Å². The standard InChI is InChI=1S/C15H19BrN2O2/c1-10-9-12(16)3-6-14(10)17-15(20)7-8-18(11(2)19)13-4-5-13/h3,6,9,13H,4-5,7-8H2,1-2H3,(H,17,20). The SMILES string of the molecule is CC(=O)N(CCC(=O)Nc1ccc(Br)cc1C)C1CC1. The Morgan fingerprint density at radius 3 is 2.65 bits per heavy atom. The van der Waals surface area contributed by atoms with Gasteiger partial charge in [0.15, 0.2) is 0 Å². The van der Waals surface area contributed by atoms with Crippen LogP contribution in [0.15, 0.2) is 22.7 Å². The zero-order chi connectivity index (χ0) is 14.7. The normalized spacial score (nSPS) is 13.9. The molecular weight excluding hydrogens is 320 g/mol. The minimum absolute atomic E-state index is 0.0534. The van der Waals surface area contributed by atoms with Crippen molar-refractivity contribution in [3.8, 4) is 0 Å². The molecule has 0 heterocycles. The Morgan fingerprint density at radius 1 is 1.40 bits per heavy atom. The van der Waals surface area contributed by atoms with Crippen LogP contribution in [0.25, 0.3) is 0 Å². The van der Waals surface area contributed by atoms with Crippen molar-refractivity contribution in [2.24, 2.45) is 0 Å². The topological polar surface area (TPSA) is 49.4 Å². The summed E-state index contributed by atoms with van der Waals surface area (Å²) in [4.78, 5) is 25.2. The van der Waals surface area contributed by atoms with Crippen molar-refractivity contribution < 1.29 is 9.59 Å². The van der Waals surface area contributed by atoms with E-state index in [-0.39, 0.29) is 11.8 Å². The number of anilines is 1. The number of carbonyl (C=O) groups is 2. The summed E-state index contributed by atoms with van der Waals surface area (Å²) >= 11 is 3.39. The van der Waals surface area contributed by atoms with Gasteiger partial charge in [0, 0.05) is 36.1 Å². The second-order valence-corrected chi connectivity index (χ2v) is 6.12. The Bertz CT molecular complexity index is 527. The van der Waals surface area contributed by atoms with Gasteiger partial charge in [-0.2, -0.15) is 0 Å². The molecule has 1 saturated carbocycles. The molecule has 0 atom stereocenters. The summed E-state index contributed by atoms with van der Waals surface area (Å²) in [6.45, 7) is 4.02. The van der Waals surface area contributed by atoms with Crippen LogP contribution >= 0.6 is 15.9 Å². The van der Waals surface area contributed by atoms with Crippen LogP contribution < -0.4 is 5.32 Å². The van der Waals surface area contributed by atoms with E-state index in [4.69, 9.17) is 0 Å². The number of benzene rings is 1. The maximum absolute atomic E-state index is 12.0. The Labute approximate surface area is 127 Å². The predicted molar refractivity (Wildman–Crippen MR) is 82.5 cm³/mol. The van der Waals surface area contributed by atoms with E-state index in [1.54, 1.807) is 11.8 Å². The average molecular weight is 339 g/mol. The number of aryl methyl sites for hydroxylation is 1. The molecule has 1 aromatic rings. The minimum atomic E-state index is -0.0534. The highest BCUT2D eigenvalue weighted by atomic mass is 79.9. The molecule has 0 unspecified atom stereocenters. The lowest BCUT2D eigenvalue weighted by atomic mass is 10.2. The molecule has 0 bridgehead atoms. The Kier molecular flexibility index (Phi) is 4.81. The Morgan fingerprint density at radius 2 is 2.10 bits per heavy atom. The van der Waals surface area contributed by atoms with Crippen molar-refractivity contribution in [1.82, 2.24) is 4.90 Å². The monoisotopic (exact) mass is 338 g/mol. The van der Waals surface area contributed by atoms with Crippen LogP contribution in [-0.2, 0) is 9.59 Å². The molecule has 1 fully saturated rings. The van der Waals surface area contributed by atoms with Crippen molar-refractivity contribution in [2.45, 2.75) is 39.2 Å². The van der Waals surface area contributed by atoms with Crippen molar-refractivity contribution in [1.29, 1.82) is 0 Å². The lowest BCUT2D eigenvalue weighted by Gasteiger charge is -2.20. The third kappa shape index (κ3) is 4.07. The van der Waals surface area contributed by atoms with E-state index in [1.165, 1.54) is 0 Å². The van der Waals surface area contributed by atoms with E-state index in [0.717, 1.165) is 28.6 Å². The molecule has 0 radical (unpaired) electrons. The first-order valence-electron chi connectivity index (χ1n) is 6.80. The van der Waals surface area contributed by atoms with Gasteiger partial charge in [-0.1, -0.05) is 15.9 Å². The van der Waals surface area contributed by atoms with Gasteiger partial charge in [0.05, 0.1) is 0 Å². The van der Waals surface area contributed by atoms with Crippen LogP contribution in [0.4, 0.5) is 5.69 Å². The molecule has 108 valence electrons. The second kappa shape index (κ2) is 6.39. The number of hydrogen-bond donors (Lipinski definition) is 1. The highest BCUT2D eigenvalue weighted by Gasteiger charge is 2.30. The lowest BCUT2D eigenvalue weighted by molar-refractivity contribution is -0.129. The first kappa shape index (κ1) is 15.0. The zero-order valence-corrected chi connectivity index (χ0v) is 13.4. The largest absolute Gasteiger partial charge is 0.339 e. The summed E-state index contributed by atoms with van der Waals surface area (Å²) in [5, 5.41) is 2.89. The van der Waals surface area contributed by atoms with E-state index in [0.29, 0.717) is 19.0 Å². The molecule has 2 amide bonds. The van der Waals surface area contributed by atoms with Crippen molar-refractivity contribution in [2.75, 3.05) is 11.9 Å². The van der Waals surface area contributed by atoms with Gasteiger partial charge < -0.3 is 10.2 Å². The van der Waals surface area contributed by atoms with E-state index in [1.807, 2.05) is 25.1 Å². The molecule has 0 aliphatic heterocycles. The minimum Gasteiger partial charge on any atom is -0.339 e. The molecule has 5 heteroatoms. The highest BCUT2D eigenvalue weighted by molar-refractivity contribution is 9.10. The molecule has 2 rings (SSSR count). The van der Waals surface area contributed by atoms with E-state index < -0.39 is 0 Å². The van der Waals surface area contributed by atoms with Gasteiger partial charge in [-0.3, -0.25) is 9.59 Å². The Hall–Kier alpha value is -1.36. The van der Waals surface area contributed by atoms with Crippen LogP contribution in [0.2, 0.25) is 0 Å². The Balaban J connectivity index is 1.87. The molecule has 0 aromatic heterocycles. The fourth-order valence-electron chi connectivity index (χ4n) is 2.19. The summed E-state index contributed by atoms with van der Waals surface area (Å²) in [5.41, 5.74) is 1.83. The van der Waals surface area contributed by atoms with Crippen LogP contribution in [0, 0.1) is 6.92 Å². The van der Waals surface area contributed by atoms with E-state index in [2.05, 4.69) is 21.2 Å². The molecule has 4 nitrogen and oxygen atoms in total. The van der Waals surface area contributed by atoms with Gasteiger partial charge in [0.2, 0.25) is 11.8 Å². The van der Waals surface area contributed by atoms with Crippen LogP contribution in [0.5, 0.6) is 0 Å². The first-order valence-corrected chi connectivity index (χ1v) is 7.60.